The predicted molar refractivity (Wildman–Crippen MR) is 46.8 cm³/mol. The molecule has 0 aliphatic rings. The first-order valence-corrected chi connectivity index (χ1v) is 3.36. The summed E-state index contributed by atoms with van der Waals surface area (Å²) >= 11 is 0. The molecule has 0 fully saturated rings. The van der Waals surface area contributed by atoms with Crippen molar-refractivity contribution in [2.75, 3.05) is 0 Å². The topological polar surface area (TPSA) is 60.2 Å². The summed E-state index contributed by atoms with van der Waals surface area (Å²) < 4.78 is 0. The Bertz CT molecular complexity index is 271. The van der Waals surface area contributed by atoms with Gasteiger partial charge in [-0.15, -0.1) is 0 Å². The van der Waals surface area contributed by atoms with Gasteiger partial charge in [0.2, 0.25) is 5.91 Å². The summed E-state index contributed by atoms with van der Waals surface area (Å²) in [6.45, 7) is 3.86. The van der Waals surface area contributed by atoms with Crippen molar-refractivity contribution in [2.45, 2.75) is 6.92 Å². The molecule has 0 bridgehead atoms. The first-order valence-electron chi connectivity index (χ1n) is 3.36. The summed E-state index contributed by atoms with van der Waals surface area (Å²) in [5.41, 5.74) is 6.60. The quantitative estimate of drug-likeness (QED) is 0.672. The van der Waals surface area contributed by atoms with E-state index in [0.29, 0.717) is 5.56 Å². The fourth-order valence-electron chi connectivity index (χ4n) is 0.849. The molecule has 1 amide bonds. The molecule has 0 unspecified atom stereocenters. The first kappa shape index (κ1) is 10.4. The lowest BCUT2D eigenvalue weighted by atomic mass is 10.1. The number of benzene rings is 1. The van der Waals surface area contributed by atoms with Gasteiger partial charge >= 0.3 is 0 Å². The van der Waals surface area contributed by atoms with Gasteiger partial charge in [0.05, 0.1) is 0 Å². The fraction of sp³-hybridized carbons (Fsp3) is 0.111. The number of primary amides is 1. The lowest BCUT2D eigenvalue weighted by Crippen LogP contribution is -2.12. The van der Waals surface area contributed by atoms with Crippen molar-refractivity contribution in [3.63, 3.8) is 0 Å². The second kappa shape index (κ2) is 5.07. The molecule has 0 atom stereocenters. The Hall–Kier alpha value is -1.64. The number of carbonyl (C=O) groups excluding carboxylic acids is 2. The van der Waals surface area contributed by atoms with Gasteiger partial charge in [-0.05, 0) is 18.6 Å². The Morgan fingerprint density at radius 1 is 1.33 bits per heavy atom. The largest absolute Gasteiger partial charge is 0.366 e. The van der Waals surface area contributed by atoms with Crippen LogP contribution in [0.15, 0.2) is 24.3 Å². The Morgan fingerprint density at radius 3 is 2.17 bits per heavy atom. The molecule has 1 aromatic carbocycles. The van der Waals surface area contributed by atoms with Crippen molar-refractivity contribution in [1.82, 2.24) is 0 Å². The monoisotopic (exact) mass is 165 g/mol. The van der Waals surface area contributed by atoms with Crippen LogP contribution in [0.25, 0.3) is 0 Å². The second-order valence-corrected chi connectivity index (χ2v) is 2.18. The molecule has 0 heterocycles. The molecule has 64 valence electrons. The summed E-state index contributed by atoms with van der Waals surface area (Å²) in [5.74, 6) is -0.363. The van der Waals surface area contributed by atoms with Gasteiger partial charge in [-0.25, -0.2) is 0 Å². The fourth-order valence-corrected chi connectivity index (χ4v) is 0.849. The molecule has 1 rings (SSSR count). The third-order valence-corrected chi connectivity index (χ3v) is 1.41. The predicted octanol–water partition coefficient (Wildman–Crippen LogP) is 0.909. The van der Waals surface area contributed by atoms with Crippen LogP contribution < -0.4 is 5.73 Å². The van der Waals surface area contributed by atoms with Crippen molar-refractivity contribution in [2.24, 2.45) is 5.73 Å². The van der Waals surface area contributed by atoms with Gasteiger partial charge in [0, 0.05) is 5.56 Å². The van der Waals surface area contributed by atoms with E-state index in [1.54, 1.807) is 12.1 Å². The van der Waals surface area contributed by atoms with E-state index in [1.807, 2.05) is 25.8 Å². The lowest BCUT2D eigenvalue weighted by Gasteiger charge is -1.97. The first-order chi connectivity index (χ1) is 5.72. The molecule has 3 heteroatoms. The third-order valence-electron chi connectivity index (χ3n) is 1.41. The Morgan fingerprint density at radius 2 is 1.83 bits per heavy atom. The highest BCUT2D eigenvalue weighted by atomic mass is 16.1. The van der Waals surface area contributed by atoms with Gasteiger partial charge in [0.15, 0.2) is 0 Å². The van der Waals surface area contributed by atoms with Crippen molar-refractivity contribution in [3.05, 3.63) is 35.4 Å². The number of carbonyl (C=O) groups is 2. The zero-order chi connectivity index (χ0) is 9.56. The van der Waals surface area contributed by atoms with Crippen LogP contribution in [0.1, 0.15) is 15.9 Å². The molecule has 2 N–H and O–H groups in total. The van der Waals surface area contributed by atoms with Crippen LogP contribution >= 0.6 is 0 Å². The number of amides is 1. The smallest absolute Gasteiger partial charge is 0.248 e. The minimum atomic E-state index is -0.363. The highest BCUT2D eigenvalue weighted by Crippen LogP contribution is 2.04. The van der Waals surface area contributed by atoms with E-state index in [0.717, 1.165) is 5.56 Å². The van der Waals surface area contributed by atoms with Crippen LogP contribution in [0.2, 0.25) is 0 Å². The number of nitrogens with two attached hydrogens (primary N) is 1. The number of rotatable bonds is 1. The van der Waals surface area contributed by atoms with Gasteiger partial charge in [-0.2, -0.15) is 0 Å². The third kappa shape index (κ3) is 2.54. The van der Waals surface area contributed by atoms with E-state index in [4.69, 9.17) is 10.5 Å². The minimum Gasteiger partial charge on any atom is -0.366 e. The van der Waals surface area contributed by atoms with Crippen molar-refractivity contribution in [3.8, 4) is 0 Å². The van der Waals surface area contributed by atoms with Crippen LogP contribution in [0, 0.1) is 6.92 Å². The lowest BCUT2D eigenvalue weighted by molar-refractivity contribution is -0.0979. The number of hydrogen-bond acceptors (Lipinski definition) is 2. The van der Waals surface area contributed by atoms with E-state index in [1.165, 1.54) is 0 Å². The maximum absolute atomic E-state index is 10.6. The highest BCUT2D eigenvalue weighted by molar-refractivity contribution is 5.94. The van der Waals surface area contributed by atoms with Crippen LogP contribution in [-0.4, -0.2) is 12.7 Å². The van der Waals surface area contributed by atoms with Gasteiger partial charge < -0.3 is 10.5 Å². The normalized spacial score (nSPS) is 8.08. The van der Waals surface area contributed by atoms with E-state index < -0.39 is 0 Å². The standard InChI is InChI=1S/C8H9NO.CH2O/c1-6-4-2-3-5-7(6)8(9)10;1-2/h2-5H,1H3,(H2,9,10);1H2. The molecule has 0 aliphatic carbocycles. The van der Waals surface area contributed by atoms with Crippen LogP contribution in [0.5, 0.6) is 0 Å². The molecular formula is C9H11NO2. The molecule has 3 nitrogen and oxygen atoms in total. The maximum Gasteiger partial charge on any atom is 0.248 e. The van der Waals surface area contributed by atoms with E-state index >= 15 is 0 Å². The van der Waals surface area contributed by atoms with Gasteiger partial charge in [-0.1, -0.05) is 18.2 Å². The molecule has 1 aromatic rings. The molecule has 0 saturated heterocycles. The second-order valence-electron chi connectivity index (χ2n) is 2.18. The maximum atomic E-state index is 10.6. The molecule has 0 spiro atoms. The summed E-state index contributed by atoms with van der Waals surface area (Å²) in [7, 11) is 0. The average molecular weight is 165 g/mol. The van der Waals surface area contributed by atoms with Crippen molar-refractivity contribution in [1.29, 1.82) is 0 Å². The van der Waals surface area contributed by atoms with E-state index in [9.17, 15) is 4.79 Å². The van der Waals surface area contributed by atoms with Gasteiger partial charge in [0.1, 0.15) is 6.79 Å². The molecule has 0 saturated carbocycles. The minimum absolute atomic E-state index is 0.363. The molecule has 12 heavy (non-hydrogen) atoms. The summed E-state index contributed by atoms with van der Waals surface area (Å²) in [6, 6.07) is 7.26. The SMILES string of the molecule is C=O.Cc1ccccc1C(N)=O. The molecule has 0 radical (unpaired) electrons. The van der Waals surface area contributed by atoms with Crippen LogP contribution in [0.3, 0.4) is 0 Å². The average Bonchev–Trinajstić information content (AvgIpc) is 2.08. The Labute approximate surface area is 71.2 Å². The van der Waals surface area contributed by atoms with Crippen molar-refractivity contribution < 1.29 is 9.59 Å². The zero-order valence-electron chi connectivity index (χ0n) is 6.91. The van der Waals surface area contributed by atoms with E-state index in [-0.39, 0.29) is 5.91 Å². The highest BCUT2D eigenvalue weighted by Gasteiger charge is 2.00. The molecular weight excluding hydrogens is 154 g/mol. The summed E-state index contributed by atoms with van der Waals surface area (Å²) in [5, 5.41) is 0. The zero-order valence-corrected chi connectivity index (χ0v) is 6.91. The summed E-state index contributed by atoms with van der Waals surface area (Å²) in [6.07, 6.45) is 0. The van der Waals surface area contributed by atoms with E-state index in [2.05, 4.69) is 0 Å². The van der Waals surface area contributed by atoms with Crippen molar-refractivity contribution >= 4 is 12.7 Å². The Kier molecular flexibility index (Phi) is 4.38. The summed E-state index contributed by atoms with van der Waals surface area (Å²) in [4.78, 5) is 18.6. The molecule has 0 aliphatic heterocycles. The van der Waals surface area contributed by atoms with Crippen LogP contribution in [-0.2, 0) is 4.79 Å². The molecule has 0 aromatic heterocycles. The Balaban J connectivity index is 0.000000561. The van der Waals surface area contributed by atoms with Gasteiger partial charge in [0.25, 0.3) is 0 Å². The number of aryl methyl sites for hydroxylation is 1. The van der Waals surface area contributed by atoms with Crippen LogP contribution in [0.4, 0.5) is 0 Å². The number of hydrogen-bond donors (Lipinski definition) is 1. The van der Waals surface area contributed by atoms with Gasteiger partial charge in [-0.3, -0.25) is 4.79 Å².